The van der Waals surface area contributed by atoms with Gasteiger partial charge < -0.3 is 10.1 Å². The van der Waals surface area contributed by atoms with Crippen molar-refractivity contribution in [2.24, 2.45) is 0 Å². The number of benzene rings is 1. The van der Waals surface area contributed by atoms with E-state index in [4.69, 9.17) is 4.74 Å². The number of nitrogens with zero attached hydrogens (tertiary/aromatic N) is 1. The van der Waals surface area contributed by atoms with Gasteiger partial charge in [0, 0.05) is 22.8 Å². The zero-order chi connectivity index (χ0) is 13.0. The van der Waals surface area contributed by atoms with Crippen LogP contribution in [0, 0.1) is 0 Å². The number of aromatic nitrogens is 1. The highest BCUT2D eigenvalue weighted by Crippen LogP contribution is 2.32. The first-order valence-electron chi connectivity index (χ1n) is 5.41. The fraction of sp³-hybridized carbons (Fsp3) is 0.154. The Bertz CT molecular complexity index is 546. The van der Waals surface area contributed by atoms with E-state index < -0.39 is 0 Å². The topological polar surface area (TPSA) is 34.2 Å². The van der Waals surface area contributed by atoms with Gasteiger partial charge in [0.05, 0.1) is 10.7 Å². The smallest absolute Gasteiger partial charge is 0.150 e. The van der Waals surface area contributed by atoms with Crippen LogP contribution >= 0.6 is 31.9 Å². The van der Waals surface area contributed by atoms with E-state index in [1.807, 2.05) is 31.3 Å². The molecule has 2 rings (SSSR count). The molecule has 0 saturated heterocycles. The van der Waals surface area contributed by atoms with Gasteiger partial charge >= 0.3 is 0 Å². The van der Waals surface area contributed by atoms with Crippen LogP contribution in [0.15, 0.2) is 45.6 Å². The van der Waals surface area contributed by atoms with Gasteiger partial charge in [-0.05, 0) is 47.2 Å². The Hall–Kier alpha value is -0.910. The molecule has 0 aliphatic rings. The van der Waals surface area contributed by atoms with Crippen LogP contribution in [-0.4, -0.2) is 12.0 Å². The van der Waals surface area contributed by atoms with Gasteiger partial charge in [-0.1, -0.05) is 15.9 Å². The molecule has 5 heteroatoms. The van der Waals surface area contributed by atoms with Crippen LogP contribution in [0.1, 0.15) is 5.56 Å². The maximum atomic E-state index is 5.88. The second-order valence-corrected chi connectivity index (χ2v) is 5.46. The molecule has 18 heavy (non-hydrogen) atoms. The van der Waals surface area contributed by atoms with Gasteiger partial charge in [0.15, 0.2) is 0 Å². The van der Waals surface area contributed by atoms with Crippen LogP contribution in [0.4, 0.5) is 0 Å². The third-order valence-corrected chi connectivity index (χ3v) is 3.46. The Kier molecular flexibility index (Phi) is 4.74. The van der Waals surface area contributed by atoms with Crippen molar-refractivity contribution in [3.63, 3.8) is 0 Å². The molecular formula is C13H12Br2N2O. The van der Waals surface area contributed by atoms with Crippen molar-refractivity contribution in [2.45, 2.75) is 6.54 Å². The quantitative estimate of drug-likeness (QED) is 0.877. The van der Waals surface area contributed by atoms with Gasteiger partial charge in [0.25, 0.3) is 0 Å². The highest BCUT2D eigenvalue weighted by Gasteiger charge is 2.07. The van der Waals surface area contributed by atoms with Crippen LogP contribution in [0.5, 0.6) is 11.5 Å². The zero-order valence-corrected chi connectivity index (χ0v) is 13.0. The van der Waals surface area contributed by atoms with Crippen molar-refractivity contribution in [1.82, 2.24) is 10.3 Å². The largest absolute Gasteiger partial charge is 0.454 e. The molecule has 2 aromatic rings. The molecule has 0 aliphatic heterocycles. The zero-order valence-electron chi connectivity index (χ0n) is 9.78. The first-order valence-corrected chi connectivity index (χ1v) is 6.99. The lowest BCUT2D eigenvalue weighted by molar-refractivity contribution is 0.469. The highest BCUT2D eigenvalue weighted by molar-refractivity contribution is 9.11. The van der Waals surface area contributed by atoms with Crippen LogP contribution in [0.3, 0.4) is 0 Å². The molecule has 0 unspecified atom stereocenters. The van der Waals surface area contributed by atoms with Gasteiger partial charge in [0.2, 0.25) is 0 Å². The fourth-order valence-electron chi connectivity index (χ4n) is 1.51. The molecule has 1 aromatic carbocycles. The normalized spacial score (nSPS) is 10.4. The van der Waals surface area contributed by atoms with Crippen LogP contribution in [-0.2, 0) is 6.54 Å². The average Bonchev–Trinajstić information content (AvgIpc) is 2.35. The second-order valence-electron chi connectivity index (χ2n) is 3.69. The van der Waals surface area contributed by atoms with E-state index in [-0.39, 0.29) is 0 Å². The lowest BCUT2D eigenvalue weighted by Gasteiger charge is -2.11. The van der Waals surface area contributed by atoms with Crippen molar-refractivity contribution in [3.05, 3.63) is 51.2 Å². The summed E-state index contributed by atoms with van der Waals surface area (Å²) in [6.45, 7) is 0.742. The van der Waals surface area contributed by atoms with Gasteiger partial charge in [-0.3, -0.25) is 4.98 Å². The number of halogens is 2. The number of pyridine rings is 1. The standard InChI is InChI=1S/C13H12Br2N2O/c1-16-7-9-4-5-17-8-13(9)18-12-3-2-10(14)6-11(12)15/h2-6,8,16H,7H2,1H3. The van der Waals surface area contributed by atoms with Crippen molar-refractivity contribution < 1.29 is 4.74 Å². The maximum absolute atomic E-state index is 5.88. The van der Waals surface area contributed by atoms with Crippen LogP contribution < -0.4 is 10.1 Å². The summed E-state index contributed by atoms with van der Waals surface area (Å²) in [5, 5.41) is 3.11. The van der Waals surface area contributed by atoms with E-state index in [0.29, 0.717) is 0 Å². The lowest BCUT2D eigenvalue weighted by Crippen LogP contribution is -2.06. The molecule has 0 fully saturated rings. The summed E-state index contributed by atoms with van der Waals surface area (Å²) >= 11 is 6.89. The molecule has 3 nitrogen and oxygen atoms in total. The Labute approximate surface area is 123 Å². The predicted molar refractivity (Wildman–Crippen MR) is 78.9 cm³/mol. The molecule has 0 spiro atoms. The molecule has 0 radical (unpaired) electrons. The van der Waals surface area contributed by atoms with Gasteiger partial charge in [-0.2, -0.15) is 0 Å². The Morgan fingerprint density at radius 3 is 2.78 bits per heavy atom. The summed E-state index contributed by atoms with van der Waals surface area (Å²) in [6, 6.07) is 7.74. The molecule has 0 saturated carbocycles. The fourth-order valence-corrected chi connectivity index (χ4v) is 2.64. The Morgan fingerprint density at radius 1 is 1.22 bits per heavy atom. The minimum Gasteiger partial charge on any atom is -0.454 e. The molecular weight excluding hydrogens is 360 g/mol. The van der Waals surface area contributed by atoms with Crippen molar-refractivity contribution >= 4 is 31.9 Å². The predicted octanol–water partition coefficient (Wildman–Crippen LogP) is 4.12. The number of hydrogen-bond acceptors (Lipinski definition) is 3. The van der Waals surface area contributed by atoms with Crippen molar-refractivity contribution in [2.75, 3.05) is 7.05 Å². The van der Waals surface area contributed by atoms with Crippen LogP contribution in [0.2, 0.25) is 0 Å². The van der Waals surface area contributed by atoms with E-state index in [2.05, 4.69) is 42.2 Å². The average molecular weight is 372 g/mol. The van der Waals surface area contributed by atoms with E-state index in [1.165, 1.54) is 0 Å². The van der Waals surface area contributed by atoms with Crippen molar-refractivity contribution in [1.29, 1.82) is 0 Å². The summed E-state index contributed by atoms with van der Waals surface area (Å²) in [6.07, 6.45) is 3.48. The molecule has 0 aliphatic carbocycles. The highest BCUT2D eigenvalue weighted by atomic mass is 79.9. The molecule has 1 heterocycles. The van der Waals surface area contributed by atoms with Crippen molar-refractivity contribution in [3.8, 4) is 11.5 Å². The number of rotatable bonds is 4. The SMILES string of the molecule is CNCc1ccncc1Oc1ccc(Br)cc1Br. The molecule has 0 amide bonds. The molecule has 1 aromatic heterocycles. The number of nitrogens with one attached hydrogen (secondary N) is 1. The van der Waals surface area contributed by atoms with Gasteiger partial charge in [-0.25, -0.2) is 0 Å². The van der Waals surface area contributed by atoms with E-state index in [1.54, 1.807) is 12.4 Å². The summed E-state index contributed by atoms with van der Waals surface area (Å²) in [5.74, 6) is 1.53. The number of hydrogen-bond donors (Lipinski definition) is 1. The van der Waals surface area contributed by atoms with Gasteiger partial charge in [-0.15, -0.1) is 0 Å². The third kappa shape index (κ3) is 3.31. The lowest BCUT2D eigenvalue weighted by atomic mass is 10.2. The minimum atomic E-state index is 0.742. The second kappa shape index (κ2) is 6.31. The summed E-state index contributed by atoms with van der Waals surface area (Å²) in [7, 11) is 1.90. The first kappa shape index (κ1) is 13.5. The molecule has 0 atom stereocenters. The van der Waals surface area contributed by atoms with E-state index >= 15 is 0 Å². The summed E-state index contributed by atoms with van der Waals surface area (Å²) in [5.41, 5.74) is 1.07. The first-order chi connectivity index (χ1) is 8.70. The molecule has 94 valence electrons. The summed E-state index contributed by atoms with van der Waals surface area (Å²) < 4.78 is 7.78. The van der Waals surface area contributed by atoms with Crippen LogP contribution in [0.25, 0.3) is 0 Å². The minimum absolute atomic E-state index is 0.742. The van der Waals surface area contributed by atoms with E-state index in [9.17, 15) is 0 Å². The molecule has 1 N–H and O–H groups in total. The van der Waals surface area contributed by atoms with Gasteiger partial charge in [0.1, 0.15) is 11.5 Å². The Balaban J connectivity index is 2.28. The Morgan fingerprint density at radius 2 is 2.06 bits per heavy atom. The molecule has 0 bridgehead atoms. The maximum Gasteiger partial charge on any atom is 0.150 e. The van der Waals surface area contributed by atoms with E-state index in [0.717, 1.165) is 32.6 Å². The number of ether oxygens (including phenoxy) is 1. The monoisotopic (exact) mass is 370 g/mol. The third-order valence-electron chi connectivity index (χ3n) is 2.35. The summed E-state index contributed by atoms with van der Waals surface area (Å²) in [4.78, 5) is 4.09.